The zero-order valence-electron chi connectivity index (χ0n) is 11.9. The molecule has 2 N–H and O–H groups in total. The molecule has 1 rings (SSSR count). The van der Waals surface area contributed by atoms with Crippen molar-refractivity contribution in [3.63, 3.8) is 0 Å². The van der Waals surface area contributed by atoms with Crippen LogP contribution in [0.1, 0.15) is 16.8 Å². The van der Waals surface area contributed by atoms with Gasteiger partial charge in [0.1, 0.15) is 6.04 Å². The van der Waals surface area contributed by atoms with Gasteiger partial charge in [0.2, 0.25) is 5.91 Å². The molecule has 21 heavy (non-hydrogen) atoms. The minimum Gasteiger partial charge on any atom is -0.351 e. The van der Waals surface area contributed by atoms with Crippen LogP contribution in [0.15, 0.2) is 36.9 Å². The van der Waals surface area contributed by atoms with Crippen LogP contribution in [0.2, 0.25) is 5.02 Å². The lowest BCUT2D eigenvalue weighted by Gasteiger charge is -2.18. The topological polar surface area (TPSA) is 58.2 Å². The van der Waals surface area contributed by atoms with E-state index in [4.69, 9.17) is 11.6 Å². The molecule has 0 aromatic heterocycles. The van der Waals surface area contributed by atoms with Crippen LogP contribution in [0.25, 0.3) is 0 Å². The third-order valence-corrected chi connectivity index (χ3v) is 3.75. The van der Waals surface area contributed by atoms with Crippen molar-refractivity contribution >= 4 is 35.2 Å². The van der Waals surface area contributed by atoms with Gasteiger partial charge >= 0.3 is 0 Å². The monoisotopic (exact) mass is 326 g/mol. The predicted molar refractivity (Wildman–Crippen MR) is 88.9 cm³/mol. The molecule has 0 spiro atoms. The first kappa shape index (κ1) is 17.6. The Kier molecular flexibility index (Phi) is 7.93. The summed E-state index contributed by atoms with van der Waals surface area (Å²) in [6.07, 6.45) is 4.11. The molecule has 1 aromatic carbocycles. The fourth-order valence-electron chi connectivity index (χ4n) is 1.68. The van der Waals surface area contributed by atoms with Gasteiger partial charge in [-0.05, 0) is 30.6 Å². The van der Waals surface area contributed by atoms with Crippen LogP contribution in [0.3, 0.4) is 0 Å². The molecule has 0 aliphatic rings. The van der Waals surface area contributed by atoms with Crippen molar-refractivity contribution in [3.8, 4) is 0 Å². The first-order valence-corrected chi connectivity index (χ1v) is 8.30. The van der Waals surface area contributed by atoms with E-state index in [1.165, 1.54) is 0 Å². The second kappa shape index (κ2) is 9.47. The number of nitrogens with one attached hydrogen (secondary N) is 2. The number of halogens is 1. The molecular formula is C15H19ClN2O2S. The van der Waals surface area contributed by atoms with E-state index in [1.807, 2.05) is 6.26 Å². The summed E-state index contributed by atoms with van der Waals surface area (Å²) in [5, 5.41) is 5.80. The highest BCUT2D eigenvalue weighted by molar-refractivity contribution is 7.98. The van der Waals surface area contributed by atoms with Crippen LogP contribution in [-0.2, 0) is 4.79 Å². The Bertz CT molecular complexity index is 508. The van der Waals surface area contributed by atoms with Gasteiger partial charge in [-0.1, -0.05) is 29.8 Å². The standard InChI is InChI=1S/C15H19ClN2O2S/c1-3-9-17-15(20)13(8-10-21-2)18-14(19)11-6-4-5-7-12(11)16/h3-7,13H,1,8-10H2,2H3,(H,17,20)(H,18,19). The molecule has 114 valence electrons. The van der Waals surface area contributed by atoms with Gasteiger partial charge in [-0.15, -0.1) is 6.58 Å². The number of hydrogen-bond donors (Lipinski definition) is 2. The number of amides is 2. The molecule has 0 aliphatic carbocycles. The van der Waals surface area contributed by atoms with E-state index < -0.39 is 6.04 Å². The highest BCUT2D eigenvalue weighted by atomic mass is 35.5. The summed E-state index contributed by atoms with van der Waals surface area (Å²) >= 11 is 7.61. The molecule has 0 bridgehead atoms. The summed E-state index contributed by atoms with van der Waals surface area (Å²) in [7, 11) is 0. The Morgan fingerprint density at radius 1 is 1.43 bits per heavy atom. The second-order valence-corrected chi connectivity index (χ2v) is 5.71. The largest absolute Gasteiger partial charge is 0.351 e. The molecule has 6 heteroatoms. The van der Waals surface area contributed by atoms with Gasteiger partial charge in [0.05, 0.1) is 10.6 Å². The van der Waals surface area contributed by atoms with Gasteiger partial charge in [-0.3, -0.25) is 9.59 Å². The fraction of sp³-hybridized carbons (Fsp3) is 0.333. The van der Waals surface area contributed by atoms with Gasteiger partial charge in [0.25, 0.3) is 5.91 Å². The molecule has 0 fully saturated rings. The molecule has 0 radical (unpaired) electrons. The van der Waals surface area contributed by atoms with Crippen molar-refractivity contribution in [2.45, 2.75) is 12.5 Å². The molecule has 4 nitrogen and oxygen atoms in total. The minimum atomic E-state index is -0.582. The second-order valence-electron chi connectivity index (χ2n) is 4.32. The van der Waals surface area contributed by atoms with Crippen molar-refractivity contribution in [1.29, 1.82) is 0 Å². The minimum absolute atomic E-state index is 0.218. The maximum atomic E-state index is 12.2. The Hall–Kier alpha value is -1.46. The maximum absolute atomic E-state index is 12.2. The Morgan fingerprint density at radius 2 is 2.14 bits per heavy atom. The molecule has 0 saturated carbocycles. The van der Waals surface area contributed by atoms with Crippen LogP contribution >= 0.6 is 23.4 Å². The maximum Gasteiger partial charge on any atom is 0.253 e. The number of hydrogen-bond acceptors (Lipinski definition) is 3. The highest BCUT2D eigenvalue weighted by Gasteiger charge is 2.21. The number of benzene rings is 1. The highest BCUT2D eigenvalue weighted by Crippen LogP contribution is 2.15. The number of rotatable bonds is 8. The quantitative estimate of drug-likeness (QED) is 0.722. The SMILES string of the molecule is C=CCNC(=O)C(CCSC)NC(=O)c1ccccc1Cl. The lowest BCUT2D eigenvalue weighted by molar-refractivity contribution is -0.122. The smallest absolute Gasteiger partial charge is 0.253 e. The van der Waals surface area contributed by atoms with Gasteiger partial charge in [0, 0.05) is 6.54 Å². The molecule has 2 amide bonds. The Labute approximate surface area is 134 Å². The van der Waals surface area contributed by atoms with Crippen molar-refractivity contribution in [1.82, 2.24) is 10.6 Å². The predicted octanol–water partition coefficient (Wildman–Crippen LogP) is 2.49. The van der Waals surface area contributed by atoms with Crippen molar-refractivity contribution in [2.24, 2.45) is 0 Å². The number of thioether (sulfide) groups is 1. The first-order chi connectivity index (χ1) is 10.1. The van der Waals surface area contributed by atoms with E-state index in [-0.39, 0.29) is 11.8 Å². The third kappa shape index (κ3) is 5.81. The van der Waals surface area contributed by atoms with E-state index in [2.05, 4.69) is 17.2 Å². The summed E-state index contributed by atoms with van der Waals surface area (Å²) in [4.78, 5) is 24.3. The molecule has 1 aromatic rings. The summed E-state index contributed by atoms with van der Waals surface area (Å²) in [6.45, 7) is 3.92. The number of carbonyl (C=O) groups is 2. The average molecular weight is 327 g/mol. The number of carbonyl (C=O) groups excluding carboxylic acids is 2. The summed E-state index contributed by atoms with van der Waals surface area (Å²) < 4.78 is 0. The van der Waals surface area contributed by atoms with Crippen LogP contribution in [0.4, 0.5) is 0 Å². The van der Waals surface area contributed by atoms with Gasteiger partial charge < -0.3 is 10.6 Å². The lowest BCUT2D eigenvalue weighted by Crippen LogP contribution is -2.47. The molecule has 0 saturated heterocycles. The van der Waals surface area contributed by atoms with E-state index >= 15 is 0 Å². The van der Waals surface area contributed by atoms with Gasteiger partial charge in [0.15, 0.2) is 0 Å². The van der Waals surface area contributed by atoms with Crippen molar-refractivity contribution < 1.29 is 9.59 Å². The molecular weight excluding hydrogens is 308 g/mol. The zero-order valence-corrected chi connectivity index (χ0v) is 13.5. The van der Waals surface area contributed by atoms with E-state index in [1.54, 1.807) is 42.1 Å². The summed E-state index contributed by atoms with van der Waals surface area (Å²) in [6, 6.07) is 6.17. The van der Waals surface area contributed by atoms with Crippen LogP contribution in [-0.4, -0.2) is 36.4 Å². The Morgan fingerprint density at radius 3 is 2.76 bits per heavy atom. The molecule has 1 atom stereocenters. The first-order valence-electron chi connectivity index (χ1n) is 6.53. The van der Waals surface area contributed by atoms with E-state index in [9.17, 15) is 9.59 Å². The van der Waals surface area contributed by atoms with Crippen LogP contribution in [0.5, 0.6) is 0 Å². The molecule has 0 aliphatic heterocycles. The Balaban J connectivity index is 2.75. The lowest BCUT2D eigenvalue weighted by atomic mass is 10.1. The van der Waals surface area contributed by atoms with Crippen LogP contribution < -0.4 is 10.6 Å². The molecule has 1 unspecified atom stereocenters. The summed E-state index contributed by atoms with van der Waals surface area (Å²) in [5.41, 5.74) is 0.366. The zero-order chi connectivity index (χ0) is 15.7. The van der Waals surface area contributed by atoms with E-state index in [0.29, 0.717) is 23.6 Å². The normalized spacial score (nSPS) is 11.5. The fourth-order valence-corrected chi connectivity index (χ4v) is 2.37. The van der Waals surface area contributed by atoms with Crippen molar-refractivity contribution in [2.75, 3.05) is 18.6 Å². The third-order valence-electron chi connectivity index (χ3n) is 2.77. The van der Waals surface area contributed by atoms with Gasteiger partial charge in [-0.25, -0.2) is 0 Å². The average Bonchev–Trinajstić information content (AvgIpc) is 2.49. The van der Waals surface area contributed by atoms with E-state index in [0.717, 1.165) is 5.75 Å². The summed E-state index contributed by atoms with van der Waals surface area (Å²) in [5.74, 6) is 0.208. The van der Waals surface area contributed by atoms with Crippen molar-refractivity contribution in [3.05, 3.63) is 47.5 Å². The van der Waals surface area contributed by atoms with Gasteiger partial charge in [-0.2, -0.15) is 11.8 Å². The molecule has 0 heterocycles. The van der Waals surface area contributed by atoms with Crippen LogP contribution in [0, 0.1) is 0 Å².